The Morgan fingerprint density at radius 3 is 2.88 bits per heavy atom. The van der Waals surface area contributed by atoms with Crippen LogP contribution in [-0.2, 0) is 4.74 Å². The lowest BCUT2D eigenvalue weighted by molar-refractivity contribution is 0.0730. The molecule has 0 aliphatic rings. The van der Waals surface area contributed by atoms with Crippen LogP contribution in [0, 0.1) is 6.61 Å². The first-order chi connectivity index (χ1) is 3.81. The van der Waals surface area contributed by atoms with Gasteiger partial charge in [0.05, 0.1) is 12.7 Å². The maximum atomic E-state index is 8.38. The molecule has 1 unspecified atom stereocenters. The second-order valence-corrected chi connectivity index (χ2v) is 1.50. The molecule has 0 aromatic carbocycles. The van der Waals surface area contributed by atoms with Crippen LogP contribution in [0.3, 0.4) is 0 Å². The van der Waals surface area contributed by atoms with Crippen LogP contribution in [0.2, 0.25) is 0 Å². The van der Waals surface area contributed by atoms with Crippen molar-refractivity contribution < 1.29 is 9.84 Å². The Labute approximate surface area is 49.8 Å². The molecular formula is C6H11O2. The number of rotatable bonds is 4. The van der Waals surface area contributed by atoms with Gasteiger partial charge in [0.15, 0.2) is 0 Å². The summed E-state index contributed by atoms with van der Waals surface area (Å²) < 4.78 is 4.85. The second-order valence-electron chi connectivity index (χ2n) is 1.50. The van der Waals surface area contributed by atoms with Gasteiger partial charge in [-0.2, -0.15) is 0 Å². The summed E-state index contributed by atoms with van der Waals surface area (Å²) in [5.74, 6) is 0. The third kappa shape index (κ3) is 3.84. The van der Waals surface area contributed by atoms with Crippen molar-refractivity contribution >= 4 is 0 Å². The Morgan fingerprint density at radius 2 is 2.50 bits per heavy atom. The van der Waals surface area contributed by atoms with E-state index in [1.165, 1.54) is 12.7 Å². The number of ether oxygens (including phenoxy) is 1. The van der Waals surface area contributed by atoms with E-state index in [1.54, 1.807) is 6.92 Å². The molecule has 0 fully saturated rings. The van der Waals surface area contributed by atoms with Gasteiger partial charge in [0.1, 0.15) is 6.61 Å². The van der Waals surface area contributed by atoms with Crippen molar-refractivity contribution in [2.75, 3.05) is 6.61 Å². The predicted molar refractivity (Wildman–Crippen MR) is 32.1 cm³/mol. The molecule has 0 amide bonds. The van der Waals surface area contributed by atoms with E-state index >= 15 is 0 Å². The smallest absolute Gasteiger partial charge is 0.106 e. The quantitative estimate of drug-likeness (QED) is 0.585. The summed E-state index contributed by atoms with van der Waals surface area (Å²) in [4.78, 5) is 0. The van der Waals surface area contributed by atoms with Crippen molar-refractivity contribution in [3.8, 4) is 0 Å². The summed E-state index contributed by atoms with van der Waals surface area (Å²) in [5.41, 5.74) is 0. The topological polar surface area (TPSA) is 29.5 Å². The van der Waals surface area contributed by atoms with Gasteiger partial charge < -0.3 is 9.84 Å². The molecule has 2 nitrogen and oxygen atoms in total. The summed E-state index contributed by atoms with van der Waals surface area (Å²) >= 11 is 0. The summed E-state index contributed by atoms with van der Waals surface area (Å²) in [6.45, 7) is 6.69. The van der Waals surface area contributed by atoms with E-state index in [-0.39, 0.29) is 12.7 Å². The average Bonchev–Trinajstić information content (AvgIpc) is 1.83. The molecule has 0 saturated carbocycles. The molecular weight excluding hydrogens is 104 g/mol. The number of aliphatic hydroxyl groups excluding tert-OH is 1. The van der Waals surface area contributed by atoms with Crippen molar-refractivity contribution in [2.45, 2.75) is 13.0 Å². The Bertz CT molecular complexity index is 61.5. The van der Waals surface area contributed by atoms with Gasteiger partial charge in [0.25, 0.3) is 0 Å². The second kappa shape index (κ2) is 4.81. The Balaban J connectivity index is 2.97. The van der Waals surface area contributed by atoms with Crippen molar-refractivity contribution in [1.82, 2.24) is 0 Å². The molecule has 1 N–H and O–H groups in total. The SMILES string of the molecule is C=C[CH]OC(C)CO. The van der Waals surface area contributed by atoms with Crippen molar-refractivity contribution in [3.05, 3.63) is 19.3 Å². The van der Waals surface area contributed by atoms with Gasteiger partial charge >= 0.3 is 0 Å². The minimum absolute atomic E-state index is 0.0460. The summed E-state index contributed by atoms with van der Waals surface area (Å²) in [7, 11) is 0. The highest BCUT2D eigenvalue weighted by Gasteiger charge is 1.94. The Morgan fingerprint density at radius 1 is 1.88 bits per heavy atom. The minimum atomic E-state index is -0.118. The van der Waals surface area contributed by atoms with Gasteiger partial charge in [0.2, 0.25) is 0 Å². The zero-order valence-corrected chi connectivity index (χ0v) is 5.00. The molecule has 0 aromatic heterocycles. The van der Waals surface area contributed by atoms with Crippen LogP contribution in [0.25, 0.3) is 0 Å². The first-order valence-electron chi connectivity index (χ1n) is 2.51. The van der Waals surface area contributed by atoms with E-state index in [0.29, 0.717) is 0 Å². The first kappa shape index (κ1) is 7.66. The number of hydrogen-bond acceptors (Lipinski definition) is 2. The normalized spacial score (nSPS) is 13.2. The van der Waals surface area contributed by atoms with Gasteiger partial charge in [-0.3, -0.25) is 0 Å². The lowest BCUT2D eigenvalue weighted by atomic mass is 10.4. The van der Waals surface area contributed by atoms with Crippen LogP contribution >= 0.6 is 0 Å². The minimum Gasteiger partial charge on any atom is -0.394 e. The van der Waals surface area contributed by atoms with E-state index in [9.17, 15) is 0 Å². The molecule has 0 aliphatic heterocycles. The molecule has 1 atom stereocenters. The van der Waals surface area contributed by atoms with Gasteiger partial charge in [-0.15, -0.1) is 6.58 Å². The molecule has 47 valence electrons. The van der Waals surface area contributed by atoms with Gasteiger partial charge in [-0.25, -0.2) is 0 Å². The standard InChI is InChI=1S/C6H11O2/c1-3-4-8-6(2)5-7/h3-4,6-7H,1,5H2,2H3. The lowest BCUT2D eigenvalue weighted by Crippen LogP contribution is -2.09. The maximum Gasteiger partial charge on any atom is 0.106 e. The van der Waals surface area contributed by atoms with Crippen molar-refractivity contribution in [1.29, 1.82) is 0 Å². The van der Waals surface area contributed by atoms with E-state index in [0.717, 1.165) is 0 Å². The average molecular weight is 115 g/mol. The predicted octanol–water partition coefficient (Wildman–Crippen LogP) is 0.732. The highest BCUT2D eigenvalue weighted by atomic mass is 16.5. The van der Waals surface area contributed by atoms with E-state index < -0.39 is 0 Å². The molecule has 0 aliphatic carbocycles. The Kier molecular flexibility index (Phi) is 4.61. The van der Waals surface area contributed by atoms with Crippen molar-refractivity contribution in [2.24, 2.45) is 0 Å². The highest BCUT2D eigenvalue weighted by molar-refractivity contribution is 4.77. The van der Waals surface area contributed by atoms with Crippen LogP contribution in [-0.4, -0.2) is 17.8 Å². The molecule has 0 bridgehead atoms. The molecule has 1 radical (unpaired) electrons. The molecule has 2 heteroatoms. The van der Waals surface area contributed by atoms with Gasteiger partial charge in [-0.1, -0.05) is 6.08 Å². The number of aliphatic hydroxyl groups is 1. The lowest BCUT2D eigenvalue weighted by Gasteiger charge is -2.04. The largest absolute Gasteiger partial charge is 0.394 e. The third-order valence-electron chi connectivity index (χ3n) is 0.664. The highest BCUT2D eigenvalue weighted by Crippen LogP contribution is 1.90. The van der Waals surface area contributed by atoms with E-state index in [4.69, 9.17) is 9.84 Å². The summed E-state index contributed by atoms with van der Waals surface area (Å²) in [6.07, 6.45) is 1.42. The number of hydrogen-bond donors (Lipinski definition) is 1. The third-order valence-corrected chi connectivity index (χ3v) is 0.664. The van der Waals surface area contributed by atoms with Crippen LogP contribution in [0.5, 0.6) is 0 Å². The summed E-state index contributed by atoms with van der Waals surface area (Å²) in [5, 5.41) is 8.38. The van der Waals surface area contributed by atoms with Crippen LogP contribution in [0.1, 0.15) is 6.92 Å². The molecule has 0 aromatic rings. The zero-order chi connectivity index (χ0) is 6.41. The Hall–Kier alpha value is -0.340. The zero-order valence-electron chi connectivity index (χ0n) is 5.00. The van der Waals surface area contributed by atoms with Crippen LogP contribution in [0.15, 0.2) is 12.7 Å². The summed E-state index contributed by atoms with van der Waals surface area (Å²) in [6, 6.07) is 0. The molecule has 0 spiro atoms. The fraction of sp³-hybridized carbons (Fsp3) is 0.500. The fourth-order valence-electron chi connectivity index (χ4n) is 0.233. The van der Waals surface area contributed by atoms with Gasteiger partial charge in [0, 0.05) is 0 Å². The van der Waals surface area contributed by atoms with Gasteiger partial charge in [-0.05, 0) is 6.92 Å². The fourth-order valence-corrected chi connectivity index (χ4v) is 0.233. The van der Waals surface area contributed by atoms with E-state index in [1.807, 2.05) is 0 Å². The van der Waals surface area contributed by atoms with Crippen molar-refractivity contribution in [3.63, 3.8) is 0 Å². The van der Waals surface area contributed by atoms with Crippen LogP contribution < -0.4 is 0 Å². The molecule has 0 heterocycles. The molecule has 0 rings (SSSR count). The first-order valence-corrected chi connectivity index (χ1v) is 2.51. The van der Waals surface area contributed by atoms with E-state index in [2.05, 4.69) is 6.58 Å². The molecule has 8 heavy (non-hydrogen) atoms. The monoisotopic (exact) mass is 115 g/mol. The maximum absolute atomic E-state index is 8.38. The van der Waals surface area contributed by atoms with Crippen LogP contribution in [0.4, 0.5) is 0 Å². The molecule has 0 saturated heterocycles.